The number of rotatable bonds is 3. The van der Waals surface area contributed by atoms with Gasteiger partial charge in [0, 0.05) is 29.7 Å². The van der Waals surface area contributed by atoms with Crippen molar-refractivity contribution in [3.8, 4) is 0 Å². The summed E-state index contributed by atoms with van der Waals surface area (Å²) in [6.45, 7) is 3.82. The minimum Gasteiger partial charge on any atom is -0.382 e. The van der Waals surface area contributed by atoms with Crippen LogP contribution in [0, 0.1) is 0 Å². The third-order valence-corrected chi connectivity index (χ3v) is 6.12. The Hall–Kier alpha value is -2.10. The van der Waals surface area contributed by atoms with Crippen molar-refractivity contribution in [1.82, 2.24) is 24.6 Å². The van der Waals surface area contributed by atoms with Gasteiger partial charge in [-0.1, -0.05) is 23.4 Å². The number of nitrogens with zero attached hydrogens (tertiary/aromatic N) is 6. The minimum absolute atomic E-state index is 0.112. The Morgan fingerprint density at radius 1 is 1.23 bits per heavy atom. The molecule has 3 aromatic rings. The highest BCUT2D eigenvalue weighted by atomic mass is 35.5. The van der Waals surface area contributed by atoms with Crippen LogP contribution in [0.1, 0.15) is 19.8 Å². The Labute approximate surface area is 160 Å². The fraction of sp³-hybridized carbons (Fsp3) is 0.375. The minimum atomic E-state index is -0.112. The maximum Gasteiger partial charge on any atom is 0.190 e. The van der Waals surface area contributed by atoms with Crippen molar-refractivity contribution in [2.45, 2.75) is 35.2 Å². The van der Waals surface area contributed by atoms with Crippen LogP contribution in [0.3, 0.4) is 0 Å². The molecule has 0 atom stereocenters. The quantitative estimate of drug-likeness (QED) is 0.700. The zero-order valence-electron chi connectivity index (χ0n) is 14.3. The Morgan fingerprint density at radius 2 is 2.00 bits per heavy atom. The van der Waals surface area contributed by atoms with Crippen molar-refractivity contribution in [1.29, 1.82) is 0 Å². The highest BCUT2D eigenvalue weighted by Gasteiger charge is 2.27. The average molecular weight is 391 g/mol. The normalized spacial score (nSPS) is 17.0. The van der Waals surface area contributed by atoms with E-state index in [1.165, 1.54) is 18.1 Å². The van der Waals surface area contributed by atoms with Gasteiger partial charge in [-0.3, -0.25) is 0 Å². The van der Waals surface area contributed by atoms with E-state index in [4.69, 9.17) is 23.1 Å². The summed E-state index contributed by atoms with van der Waals surface area (Å²) >= 11 is 7.64. The number of pyridine rings is 1. The van der Waals surface area contributed by atoms with Gasteiger partial charge in [0.2, 0.25) is 0 Å². The highest BCUT2D eigenvalue weighted by molar-refractivity contribution is 7.99. The van der Waals surface area contributed by atoms with Crippen LogP contribution in [-0.4, -0.2) is 43.2 Å². The molecule has 1 saturated heterocycles. The van der Waals surface area contributed by atoms with E-state index in [1.54, 1.807) is 12.3 Å². The van der Waals surface area contributed by atoms with E-state index >= 15 is 0 Å². The molecule has 0 bridgehead atoms. The van der Waals surface area contributed by atoms with Crippen LogP contribution in [0.25, 0.3) is 5.65 Å². The molecule has 136 valence electrons. The van der Waals surface area contributed by atoms with E-state index in [0.717, 1.165) is 36.6 Å². The maximum absolute atomic E-state index is 6.25. The monoisotopic (exact) mass is 390 g/mol. The number of fused-ring (bicyclic) bond motifs is 1. The van der Waals surface area contributed by atoms with Crippen LogP contribution in [-0.2, 0) is 0 Å². The van der Waals surface area contributed by atoms with Crippen molar-refractivity contribution in [3.63, 3.8) is 0 Å². The van der Waals surface area contributed by atoms with E-state index in [1.807, 2.05) is 10.7 Å². The van der Waals surface area contributed by atoms with Gasteiger partial charge in [-0.05, 0) is 25.8 Å². The molecule has 26 heavy (non-hydrogen) atoms. The van der Waals surface area contributed by atoms with Crippen LogP contribution in [0.2, 0.25) is 5.02 Å². The Bertz CT molecular complexity index is 947. The molecule has 0 unspecified atom stereocenters. The van der Waals surface area contributed by atoms with Crippen molar-refractivity contribution in [2.24, 2.45) is 5.73 Å². The summed E-state index contributed by atoms with van der Waals surface area (Å²) < 4.78 is 1.81. The largest absolute Gasteiger partial charge is 0.382 e. The zero-order valence-corrected chi connectivity index (χ0v) is 15.8. The average Bonchev–Trinajstić information content (AvgIpc) is 3.10. The van der Waals surface area contributed by atoms with Gasteiger partial charge in [0.15, 0.2) is 11.5 Å². The summed E-state index contributed by atoms with van der Waals surface area (Å²) in [5.41, 5.74) is 12.6. The lowest BCUT2D eigenvalue weighted by Crippen LogP contribution is -2.48. The predicted molar refractivity (Wildman–Crippen MR) is 103 cm³/mol. The third-order valence-electron chi connectivity index (χ3n) is 4.57. The molecule has 10 heteroatoms. The van der Waals surface area contributed by atoms with Crippen LogP contribution in [0.15, 0.2) is 34.7 Å². The van der Waals surface area contributed by atoms with Crippen LogP contribution >= 0.6 is 23.4 Å². The van der Waals surface area contributed by atoms with E-state index in [2.05, 4.69) is 31.9 Å². The number of hydrogen-bond donors (Lipinski definition) is 2. The van der Waals surface area contributed by atoms with E-state index in [0.29, 0.717) is 21.5 Å². The van der Waals surface area contributed by atoms with Crippen molar-refractivity contribution in [3.05, 3.63) is 29.8 Å². The molecule has 0 amide bonds. The number of hydrogen-bond acceptors (Lipinski definition) is 8. The molecular formula is C16H19ClN8S. The first-order valence-electron chi connectivity index (χ1n) is 8.25. The summed E-state index contributed by atoms with van der Waals surface area (Å²) in [4.78, 5) is 16.0. The molecule has 0 aromatic carbocycles. The van der Waals surface area contributed by atoms with Gasteiger partial charge >= 0.3 is 0 Å². The topological polar surface area (TPSA) is 111 Å². The van der Waals surface area contributed by atoms with Gasteiger partial charge in [-0.25, -0.2) is 15.0 Å². The first-order chi connectivity index (χ1) is 12.4. The molecular weight excluding hydrogens is 372 g/mol. The van der Waals surface area contributed by atoms with Crippen LogP contribution in [0.4, 0.5) is 11.6 Å². The molecule has 0 aliphatic carbocycles. The Morgan fingerprint density at radius 3 is 2.77 bits per heavy atom. The molecule has 1 fully saturated rings. The molecule has 4 N–H and O–H groups in total. The Kier molecular flexibility index (Phi) is 4.37. The number of nitrogens with two attached hydrogens (primary N) is 2. The number of halogens is 1. The van der Waals surface area contributed by atoms with Gasteiger partial charge in [0.1, 0.15) is 17.2 Å². The first kappa shape index (κ1) is 17.3. The predicted octanol–water partition coefficient (Wildman–Crippen LogP) is 2.22. The van der Waals surface area contributed by atoms with Crippen LogP contribution < -0.4 is 16.4 Å². The molecule has 0 spiro atoms. The van der Waals surface area contributed by atoms with Crippen molar-refractivity contribution < 1.29 is 0 Å². The fourth-order valence-corrected chi connectivity index (χ4v) is 4.04. The lowest BCUT2D eigenvalue weighted by atomic mass is 9.91. The molecule has 1 aliphatic heterocycles. The zero-order chi connectivity index (χ0) is 18.3. The molecule has 4 rings (SSSR count). The number of aromatic nitrogens is 5. The molecule has 0 radical (unpaired) electrons. The van der Waals surface area contributed by atoms with Crippen molar-refractivity contribution in [2.75, 3.05) is 23.7 Å². The lowest BCUT2D eigenvalue weighted by molar-refractivity contribution is 0.362. The van der Waals surface area contributed by atoms with Crippen molar-refractivity contribution >= 4 is 40.6 Å². The second-order valence-electron chi connectivity index (χ2n) is 6.67. The van der Waals surface area contributed by atoms with E-state index in [9.17, 15) is 0 Å². The molecule has 8 nitrogen and oxygen atoms in total. The molecule has 4 heterocycles. The lowest BCUT2D eigenvalue weighted by Gasteiger charge is -2.37. The number of anilines is 2. The van der Waals surface area contributed by atoms with Crippen LogP contribution in [0.5, 0.6) is 0 Å². The van der Waals surface area contributed by atoms with Gasteiger partial charge in [0.25, 0.3) is 0 Å². The fourth-order valence-electron chi connectivity index (χ4n) is 2.94. The van der Waals surface area contributed by atoms with Gasteiger partial charge in [-0.15, -0.1) is 0 Å². The highest BCUT2D eigenvalue weighted by Crippen LogP contribution is 2.36. The van der Waals surface area contributed by atoms with E-state index in [-0.39, 0.29) is 5.54 Å². The SMILES string of the molecule is CC1(N)CCN(c2cnc(Sc3ccnc(N)c3Cl)c3ncnn23)CC1. The second-order valence-corrected chi connectivity index (χ2v) is 8.08. The maximum atomic E-state index is 6.25. The van der Waals surface area contributed by atoms with Gasteiger partial charge < -0.3 is 16.4 Å². The molecule has 0 saturated carbocycles. The smallest absolute Gasteiger partial charge is 0.190 e. The second kappa shape index (κ2) is 6.57. The van der Waals surface area contributed by atoms with Gasteiger partial charge in [-0.2, -0.15) is 9.61 Å². The third kappa shape index (κ3) is 3.17. The summed E-state index contributed by atoms with van der Waals surface area (Å²) in [5.74, 6) is 1.21. The Balaban J connectivity index is 1.67. The standard InChI is InChI=1S/C16H19ClN8S/c1-16(19)3-6-24(7-4-16)11-8-21-15(14-22-9-23-25(11)14)26-10-2-5-20-13(18)12(10)17/h2,5,8-9H,3-4,6-7,19H2,1H3,(H2,18,20). The molecule has 1 aliphatic rings. The van der Waals surface area contributed by atoms with E-state index < -0.39 is 0 Å². The number of nitrogen functional groups attached to an aromatic ring is 1. The summed E-state index contributed by atoms with van der Waals surface area (Å²) in [6, 6.07) is 1.80. The summed E-state index contributed by atoms with van der Waals surface area (Å²) in [5, 5.41) is 5.51. The first-order valence-corrected chi connectivity index (χ1v) is 9.44. The number of piperidine rings is 1. The molecule has 3 aromatic heterocycles. The summed E-state index contributed by atoms with van der Waals surface area (Å²) in [7, 11) is 0. The summed E-state index contributed by atoms with van der Waals surface area (Å²) in [6.07, 6.45) is 6.82. The van der Waals surface area contributed by atoms with Gasteiger partial charge in [0.05, 0.1) is 11.2 Å².